The van der Waals surface area contributed by atoms with Gasteiger partial charge in [-0.1, -0.05) is 11.6 Å². The Kier molecular flexibility index (Phi) is 2.94. The molecule has 1 atom stereocenters. The number of rotatable bonds is 3. The zero-order valence-corrected chi connectivity index (χ0v) is 12.8. The maximum absolute atomic E-state index is 10.9. The fourth-order valence-electron chi connectivity index (χ4n) is 5.55. The topological polar surface area (TPSA) is 38.0 Å². The van der Waals surface area contributed by atoms with Crippen molar-refractivity contribution in [3.05, 3.63) is 16.9 Å². The molecule has 110 valence electrons. The highest BCUT2D eigenvalue weighted by Crippen LogP contribution is 2.61. The van der Waals surface area contributed by atoms with E-state index in [-0.39, 0.29) is 11.5 Å². The molecule has 3 nitrogen and oxygen atoms in total. The second-order valence-electron chi connectivity index (χ2n) is 7.56. The van der Waals surface area contributed by atoms with Crippen LogP contribution in [0.3, 0.4) is 0 Å². The zero-order valence-electron chi connectivity index (χ0n) is 12.1. The number of hydrogen-bond acceptors (Lipinski definition) is 2. The van der Waals surface area contributed by atoms with E-state index in [0.29, 0.717) is 11.6 Å². The molecule has 20 heavy (non-hydrogen) atoms. The predicted octanol–water partition coefficient (Wildman–Crippen LogP) is 3.42. The molecule has 4 saturated carbocycles. The lowest BCUT2D eigenvalue weighted by molar-refractivity contribution is -0.125. The van der Waals surface area contributed by atoms with Crippen LogP contribution in [0.2, 0.25) is 5.02 Å². The zero-order chi connectivity index (χ0) is 13.9. The van der Waals surface area contributed by atoms with E-state index in [9.17, 15) is 5.11 Å². The van der Waals surface area contributed by atoms with Crippen LogP contribution in [0.4, 0.5) is 0 Å². The van der Waals surface area contributed by atoms with E-state index in [1.165, 1.54) is 38.5 Å². The number of hydrogen-bond donors (Lipinski definition) is 1. The van der Waals surface area contributed by atoms with E-state index in [1.807, 2.05) is 11.6 Å². The van der Waals surface area contributed by atoms with E-state index in [1.54, 1.807) is 6.20 Å². The Bertz CT molecular complexity index is 489. The van der Waals surface area contributed by atoms with Crippen LogP contribution in [0.25, 0.3) is 0 Å². The summed E-state index contributed by atoms with van der Waals surface area (Å²) in [4.78, 5) is 0. The van der Waals surface area contributed by atoms with Gasteiger partial charge in [0.1, 0.15) is 0 Å². The molecule has 0 spiro atoms. The van der Waals surface area contributed by atoms with Gasteiger partial charge in [0.2, 0.25) is 0 Å². The number of aliphatic hydroxyl groups is 1. The van der Waals surface area contributed by atoms with Crippen LogP contribution in [-0.4, -0.2) is 21.0 Å². The average molecular weight is 295 g/mol. The Morgan fingerprint density at radius 3 is 2.30 bits per heavy atom. The van der Waals surface area contributed by atoms with Crippen LogP contribution >= 0.6 is 11.6 Å². The lowest BCUT2D eigenvalue weighted by Gasteiger charge is -2.58. The predicted molar refractivity (Wildman–Crippen MR) is 78.6 cm³/mol. The molecule has 4 aliphatic carbocycles. The van der Waals surface area contributed by atoms with Crippen LogP contribution in [0, 0.1) is 30.1 Å². The maximum atomic E-state index is 10.9. The minimum Gasteiger partial charge on any atom is -0.391 e. The molecule has 4 heteroatoms. The second-order valence-corrected chi connectivity index (χ2v) is 7.96. The fourth-order valence-corrected chi connectivity index (χ4v) is 5.69. The molecule has 0 aliphatic heterocycles. The molecule has 1 aromatic rings. The van der Waals surface area contributed by atoms with Crippen LogP contribution in [0.1, 0.15) is 44.2 Å². The van der Waals surface area contributed by atoms with Crippen LogP contribution in [-0.2, 0) is 6.54 Å². The first-order valence-corrected chi connectivity index (χ1v) is 8.29. The molecule has 1 aromatic heterocycles. The van der Waals surface area contributed by atoms with Crippen molar-refractivity contribution in [2.45, 2.75) is 58.1 Å². The molecule has 1 N–H and O–H groups in total. The SMILES string of the molecule is Cc1c(Cl)cnn1CC(O)C12CC3CC(CC(C3)C1)C2. The van der Waals surface area contributed by atoms with Crippen molar-refractivity contribution in [1.29, 1.82) is 0 Å². The second kappa shape index (κ2) is 4.48. The van der Waals surface area contributed by atoms with Crippen molar-refractivity contribution >= 4 is 11.6 Å². The Morgan fingerprint density at radius 1 is 1.30 bits per heavy atom. The minimum absolute atomic E-state index is 0.166. The Labute approximate surface area is 125 Å². The molecule has 1 unspecified atom stereocenters. The molecular weight excluding hydrogens is 272 g/mol. The highest BCUT2D eigenvalue weighted by Gasteiger charge is 2.54. The van der Waals surface area contributed by atoms with Crippen molar-refractivity contribution < 1.29 is 5.11 Å². The summed E-state index contributed by atoms with van der Waals surface area (Å²) in [5.74, 6) is 2.62. The summed E-state index contributed by atoms with van der Waals surface area (Å²) in [5.41, 5.74) is 1.13. The highest BCUT2D eigenvalue weighted by molar-refractivity contribution is 6.31. The van der Waals surface area contributed by atoms with Gasteiger partial charge in [0.05, 0.1) is 29.6 Å². The van der Waals surface area contributed by atoms with Crippen LogP contribution < -0.4 is 0 Å². The van der Waals surface area contributed by atoms with Crippen molar-refractivity contribution in [2.75, 3.05) is 0 Å². The van der Waals surface area contributed by atoms with Gasteiger partial charge in [-0.05, 0) is 68.6 Å². The molecule has 4 aliphatic rings. The first-order valence-electron chi connectivity index (χ1n) is 7.92. The van der Waals surface area contributed by atoms with Gasteiger partial charge >= 0.3 is 0 Å². The third-order valence-electron chi connectivity index (χ3n) is 6.18. The molecule has 0 amide bonds. The number of aromatic nitrogens is 2. The van der Waals surface area contributed by atoms with E-state index < -0.39 is 0 Å². The summed E-state index contributed by atoms with van der Waals surface area (Å²) < 4.78 is 1.88. The number of aliphatic hydroxyl groups excluding tert-OH is 1. The summed E-state index contributed by atoms with van der Waals surface area (Å²) >= 11 is 6.07. The summed E-state index contributed by atoms with van der Waals surface area (Å²) in [5, 5.41) is 15.9. The van der Waals surface area contributed by atoms with Gasteiger partial charge < -0.3 is 5.11 Å². The largest absolute Gasteiger partial charge is 0.391 e. The molecule has 4 bridgehead atoms. The molecule has 1 heterocycles. The summed E-state index contributed by atoms with van der Waals surface area (Å²) in [6, 6.07) is 0. The van der Waals surface area contributed by atoms with Crippen molar-refractivity contribution in [2.24, 2.45) is 23.2 Å². The van der Waals surface area contributed by atoms with Gasteiger partial charge in [-0.2, -0.15) is 5.10 Å². The van der Waals surface area contributed by atoms with Gasteiger partial charge in [0.15, 0.2) is 0 Å². The molecule has 0 radical (unpaired) electrons. The molecule has 5 rings (SSSR count). The highest BCUT2D eigenvalue weighted by atomic mass is 35.5. The molecular formula is C16H23ClN2O. The number of nitrogens with zero attached hydrogens (tertiary/aromatic N) is 2. The van der Waals surface area contributed by atoms with E-state index in [2.05, 4.69) is 5.10 Å². The van der Waals surface area contributed by atoms with Gasteiger partial charge in [-0.3, -0.25) is 4.68 Å². The van der Waals surface area contributed by atoms with Crippen molar-refractivity contribution in [1.82, 2.24) is 9.78 Å². The Morgan fingerprint density at radius 2 is 1.85 bits per heavy atom. The minimum atomic E-state index is -0.273. The van der Waals surface area contributed by atoms with E-state index >= 15 is 0 Å². The lowest BCUT2D eigenvalue weighted by atomic mass is 9.48. The van der Waals surface area contributed by atoms with Crippen LogP contribution in [0.15, 0.2) is 6.20 Å². The third-order valence-corrected chi connectivity index (χ3v) is 6.55. The van der Waals surface area contributed by atoms with Gasteiger partial charge in [0.25, 0.3) is 0 Å². The number of halogens is 1. The monoisotopic (exact) mass is 294 g/mol. The fraction of sp³-hybridized carbons (Fsp3) is 0.812. The summed E-state index contributed by atoms with van der Waals surface area (Å²) in [7, 11) is 0. The van der Waals surface area contributed by atoms with Gasteiger partial charge in [-0.25, -0.2) is 0 Å². The molecule has 4 fully saturated rings. The maximum Gasteiger partial charge on any atom is 0.0814 e. The first-order chi connectivity index (χ1) is 9.56. The Hall–Kier alpha value is -0.540. The normalized spacial score (nSPS) is 40.2. The quantitative estimate of drug-likeness (QED) is 0.927. The third kappa shape index (κ3) is 1.93. The Balaban J connectivity index is 1.56. The van der Waals surface area contributed by atoms with E-state index in [4.69, 9.17) is 11.6 Å². The average Bonchev–Trinajstić information content (AvgIpc) is 2.69. The lowest BCUT2D eigenvalue weighted by Crippen LogP contribution is -2.52. The van der Waals surface area contributed by atoms with Crippen molar-refractivity contribution in [3.63, 3.8) is 0 Å². The van der Waals surface area contributed by atoms with Gasteiger partial charge in [-0.15, -0.1) is 0 Å². The van der Waals surface area contributed by atoms with Crippen molar-refractivity contribution in [3.8, 4) is 0 Å². The summed E-state index contributed by atoms with van der Waals surface area (Å²) in [6.45, 7) is 2.58. The smallest absolute Gasteiger partial charge is 0.0814 e. The summed E-state index contributed by atoms with van der Waals surface area (Å²) in [6.07, 6.45) is 9.35. The standard InChI is InChI=1S/C16H23ClN2O/c1-10-14(17)8-18-19(10)9-15(20)16-5-11-2-12(6-16)4-13(3-11)7-16/h8,11-13,15,20H,2-7,9H2,1H3. The van der Waals surface area contributed by atoms with Crippen LogP contribution in [0.5, 0.6) is 0 Å². The van der Waals surface area contributed by atoms with Gasteiger partial charge in [0, 0.05) is 0 Å². The first kappa shape index (κ1) is 13.1. The van der Waals surface area contributed by atoms with E-state index in [0.717, 1.165) is 23.4 Å². The molecule has 0 saturated heterocycles. The molecule has 0 aromatic carbocycles.